The van der Waals surface area contributed by atoms with Crippen LogP contribution in [-0.4, -0.2) is 17.1 Å². The van der Waals surface area contributed by atoms with Crippen LogP contribution in [0.5, 0.6) is 5.75 Å². The smallest absolute Gasteiger partial charge is 0.137 e. The van der Waals surface area contributed by atoms with Crippen molar-refractivity contribution in [2.45, 2.75) is 6.92 Å². The van der Waals surface area contributed by atoms with Gasteiger partial charge in [0.05, 0.1) is 12.8 Å². The van der Waals surface area contributed by atoms with Gasteiger partial charge in [0.15, 0.2) is 0 Å². The molecule has 0 aliphatic carbocycles. The number of aromatic nitrogens is 2. The Kier molecular flexibility index (Phi) is 3.25. The van der Waals surface area contributed by atoms with E-state index in [2.05, 4.69) is 46.4 Å². The van der Waals surface area contributed by atoms with Crippen LogP contribution in [0.25, 0.3) is 22.5 Å². The summed E-state index contributed by atoms with van der Waals surface area (Å²) in [6, 6.07) is 16.4. The molecule has 3 nitrogen and oxygen atoms in total. The van der Waals surface area contributed by atoms with Gasteiger partial charge >= 0.3 is 0 Å². The van der Waals surface area contributed by atoms with Crippen LogP contribution in [0.4, 0.5) is 0 Å². The van der Waals surface area contributed by atoms with E-state index in [1.807, 2.05) is 25.3 Å². The molecule has 100 valence electrons. The van der Waals surface area contributed by atoms with Gasteiger partial charge in [0.1, 0.15) is 11.6 Å². The number of H-pyrrole nitrogens is 1. The molecule has 20 heavy (non-hydrogen) atoms. The predicted octanol–water partition coefficient (Wildman–Crippen LogP) is 4.06. The van der Waals surface area contributed by atoms with Crippen LogP contribution in [0.1, 0.15) is 5.69 Å². The number of aromatic amines is 1. The number of rotatable bonds is 3. The highest BCUT2D eigenvalue weighted by Gasteiger charge is 2.03. The molecule has 0 saturated heterocycles. The van der Waals surface area contributed by atoms with Gasteiger partial charge in [0, 0.05) is 11.8 Å². The molecule has 0 saturated carbocycles. The van der Waals surface area contributed by atoms with Crippen molar-refractivity contribution in [3.05, 3.63) is 60.4 Å². The lowest BCUT2D eigenvalue weighted by molar-refractivity contribution is 0.415. The summed E-state index contributed by atoms with van der Waals surface area (Å²) in [5.74, 6) is 1.78. The summed E-state index contributed by atoms with van der Waals surface area (Å²) in [5, 5.41) is 0. The Morgan fingerprint density at radius 1 is 0.850 bits per heavy atom. The number of imidazole rings is 1. The summed E-state index contributed by atoms with van der Waals surface area (Å²) in [5.41, 5.74) is 4.45. The van der Waals surface area contributed by atoms with Crippen molar-refractivity contribution in [3.63, 3.8) is 0 Å². The topological polar surface area (TPSA) is 37.9 Å². The van der Waals surface area contributed by atoms with Crippen LogP contribution < -0.4 is 4.74 Å². The largest absolute Gasteiger partial charge is 0.497 e. The van der Waals surface area contributed by atoms with E-state index in [9.17, 15) is 0 Å². The van der Waals surface area contributed by atoms with Crippen LogP contribution in [-0.2, 0) is 0 Å². The second-order valence-electron chi connectivity index (χ2n) is 4.70. The molecule has 1 heterocycles. The molecular formula is C17H16N2O. The Bertz CT molecular complexity index is 697. The van der Waals surface area contributed by atoms with Gasteiger partial charge < -0.3 is 9.72 Å². The third kappa shape index (κ3) is 2.43. The maximum Gasteiger partial charge on any atom is 0.137 e. The summed E-state index contributed by atoms with van der Waals surface area (Å²) >= 11 is 0. The molecule has 0 spiro atoms. The van der Waals surface area contributed by atoms with Crippen molar-refractivity contribution in [1.29, 1.82) is 0 Å². The number of aryl methyl sites for hydroxylation is 1. The van der Waals surface area contributed by atoms with Gasteiger partial charge in [0.2, 0.25) is 0 Å². The monoisotopic (exact) mass is 264 g/mol. The fourth-order valence-electron chi connectivity index (χ4n) is 2.17. The lowest BCUT2D eigenvalue weighted by Crippen LogP contribution is -1.84. The van der Waals surface area contributed by atoms with Gasteiger partial charge in [-0.2, -0.15) is 0 Å². The van der Waals surface area contributed by atoms with Gasteiger partial charge in [-0.25, -0.2) is 4.98 Å². The van der Waals surface area contributed by atoms with E-state index in [4.69, 9.17) is 4.74 Å². The Morgan fingerprint density at radius 2 is 1.40 bits per heavy atom. The number of nitrogens with one attached hydrogen (secondary N) is 1. The number of hydrogen-bond donors (Lipinski definition) is 1. The van der Waals surface area contributed by atoms with Crippen LogP contribution in [0.2, 0.25) is 0 Å². The lowest BCUT2D eigenvalue weighted by Gasteiger charge is -2.04. The molecule has 1 N–H and O–H groups in total. The molecule has 2 aromatic carbocycles. The molecule has 0 atom stereocenters. The zero-order valence-corrected chi connectivity index (χ0v) is 11.6. The first-order chi connectivity index (χ1) is 9.76. The average molecular weight is 264 g/mol. The van der Waals surface area contributed by atoms with E-state index in [0.717, 1.165) is 22.8 Å². The Balaban J connectivity index is 1.88. The lowest BCUT2D eigenvalue weighted by atomic mass is 10.0. The predicted molar refractivity (Wildman–Crippen MR) is 80.7 cm³/mol. The Labute approximate surface area is 118 Å². The normalized spacial score (nSPS) is 10.5. The number of methoxy groups -OCH3 is 1. The third-order valence-electron chi connectivity index (χ3n) is 3.29. The zero-order valence-electron chi connectivity index (χ0n) is 11.6. The molecule has 0 amide bonds. The van der Waals surface area contributed by atoms with E-state index in [1.54, 1.807) is 7.11 Å². The number of ether oxygens (including phenoxy) is 1. The van der Waals surface area contributed by atoms with E-state index >= 15 is 0 Å². The highest BCUT2D eigenvalue weighted by molar-refractivity contribution is 5.68. The van der Waals surface area contributed by atoms with Crippen molar-refractivity contribution in [2.24, 2.45) is 0 Å². The molecule has 3 aromatic rings. The molecule has 3 heteroatoms. The molecule has 0 fully saturated rings. The molecule has 0 unspecified atom stereocenters. The van der Waals surface area contributed by atoms with Gasteiger partial charge in [0.25, 0.3) is 0 Å². The third-order valence-corrected chi connectivity index (χ3v) is 3.29. The van der Waals surface area contributed by atoms with E-state index in [-0.39, 0.29) is 0 Å². The summed E-state index contributed by atoms with van der Waals surface area (Å²) in [6.45, 7) is 1.98. The fourth-order valence-corrected chi connectivity index (χ4v) is 2.17. The van der Waals surface area contributed by atoms with Gasteiger partial charge in [-0.3, -0.25) is 0 Å². The minimum absolute atomic E-state index is 0.872. The maximum absolute atomic E-state index is 5.17. The molecule has 1 aromatic heterocycles. The van der Waals surface area contributed by atoms with Crippen molar-refractivity contribution >= 4 is 0 Å². The molecule has 0 aliphatic rings. The molecule has 0 aliphatic heterocycles. The van der Waals surface area contributed by atoms with E-state index in [0.29, 0.717) is 0 Å². The first-order valence-corrected chi connectivity index (χ1v) is 6.53. The standard InChI is InChI=1S/C17H16N2O/c1-12-11-18-17(19-12)15-5-3-13(4-6-15)14-7-9-16(20-2)10-8-14/h3-11H,1-2H3,(H,18,19). The summed E-state index contributed by atoms with van der Waals surface area (Å²) < 4.78 is 5.17. The van der Waals surface area contributed by atoms with Crippen molar-refractivity contribution in [2.75, 3.05) is 7.11 Å². The Morgan fingerprint density at radius 3 is 1.90 bits per heavy atom. The molecule has 0 bridgehead atoms. The molecule has 3 rings (SSSR count). The van der Waals surface area contributed by atoms with Crippen LogP contribution in [0.15, 0.2) is 54.7 Å². The molecule has 0 radical (unpaired) electrons. The van der Waals surface area contributed by atoms with Crippen molar-refractivity contribution < 1.29 is 4.74 Å². The summed E-state index contributed by atoms with van der Waals surface area (Å²) in [7, 11) is 1.68. The molecular weight excluding hydrogens is 248 g/mol. The van der Waals surface area contributed by atoms with Gasteiger partial charge in [-0.15, -0.1) is 0 Å². The highest BCUT2D eigenvalue weighted by atomic mass is 16.5. The van der Waals surface area contributed by atoms with E-state index in [1.165, 1.54) is 11.1 Å². The number of benzene rings is 2. The highest BCUT2D eigenvalue weighted by Crippen LogP contribution is 2.25. The first-order valence-electron chi connectivity index (χ1n) is 6.53. The number of hydrogen-bond acceptors (Lipinski definition) is 2. The summed E-state index contributed by atoms with van der Waals surface area (Å²) in [4.78, 5) is 7.60. The van der Waals surface area contributed by atoms with Crippen LogP contribution in [0, 0.1) is 6.92 Å². The van der Waals surface area contributed by atoms with Crippen LogP contribution >= 0.6 is 0 Å². The maximum atomic E-state index is 5.17. The van der Waals surface area contributed by atoms with Crippen LogP contribution in [0.3, 0.4) is 0 Å². The van der Waals surface area contributed by atoms with E-state index < -0.39 is 0 Å². The number of nitrogens with zero attached hydrogens (tertiary/aromatic N) is 1. The van der Waals surface area contributed by atoms with Gasteiger partial charge in [-0.05, 0) is 30.2 Å². The summed E-state index contributed by atoms with van der Waals surface area (Å²) in [6.07, 6.45) is 1.91. The minimum atomic E-state index is 0.872. The fraction of sp³-hybridized carbons (Fsp3) is 0.118. The quantitative estimate of drug-likeness (QED) is 0.774. The first kappa shape index (κ1) is 12.5. The minimum Gasteiger partial charge on any atom is -0.497 e. The SMILES string of the molecule is COc1ccc(-c2ccc(-c3nc(C)c[nH]3)cc2)cc1. The second kappa shape index (κ2) is 5.21. The van der Waals surface area contributed by atoms with Crippen molar-refractivity contribution in [1.82, 2.24) is 9.97 Å². The zero-order chi connectivity index (χ0) is 13.9. The van der Waals surface area contributed by atoms with Crippen molar-refractivity contribution in [3.8, 4) is 28.3 Å². The second-order valence-corrected chi connectivity index (χ2v) is 4.70. The Hall–Kier alpha value is -2.55. The average Bonchev–Trinajstić information content (AvgIpc) is 2.94. The van der Waals surface area contributed by atoms with Gasteiger partial charge in [-0.1, -0.05) is 36.4 Å².